The second kappa shape index (κ2) is 6.52. The van der Waals surface area contributed by atoms with Crippen molar-refractivity contribution in [2.75, 3.05) is 7.05 Å². The molecule has 0 radical (unpaired) electrons. The van der Waals surface area contributed by atoms with Crippen LogP contribution in [-0.2, 0) is 14.4 Å². The topological polar surface area (TPSA) is 66.5 Å². The van der Waals surface area contributed by atoms with Gasteiger partial charge in [-0.25, -0.2) is 0 Å². The Kier molecular flexibility index (Phi) is 4.46. The molecule has 0 spiro atoms. The van der Waals surface area contributed by atoms with E-state index >= 15 is 0 Å². The SMILES string of the molecule is CN1C(=O)C[C@H](NC(=O)CCC(=O)C2CC2)[C@H]1c1ccccc1. The third kappa shape index (κ3) is 3.60. The van der Waals surface area contributed by atoms with Crippen LogP contribution < -0.4 is 5.32 Å². The van der Waals surface area contributed by atoms with Crippen molar-refractivity contribution in [1.82, 2.24) is 10.2 Å². The Hall–Kier alpha value is -2.17. The largest absolute Gasteiger partial charge is 0.350 e. The minimum Gasteiger partial charge on any atom is -0.350 e. The van der Waals surface area contributed by atoms with Crippen LogP contribution in [0.5, 0.6) is 0 Å². The van der Waals surface area contributed by atoms with Crippen LogP contribution in [0.1, 0.15) is 43.7 Å². The van der Waals surface area contributed by atoms with Crippen molar-refractivity contribution in [3.8, 4) is 0 Å². The highest BCUT2D eigenvalue weighted by Gasteiger charge is 2.39. The minimum absolute atomic E-state index is 0.0261. The fourth-order valence-corrected chi connectivity index (χ4v) is 3.23. The van der Waals surface area contributed by atoms with Crippen LogP contribution >= 0.6 is 0 Å². The summed E-state index contributed by atoms with van der Waals surface area (Å²) < 4.78 is 0. The van der Waals surface area contributed by atoms with Crippen molar-refractivity contribution in [2.24, 2.45) is 5.92 Å². The van der Waals surface area contributed by atoms with Crippen molar-refractivity contribution in [3.63, 3.8) is 0 Å². The average molecular weight is 314 g/mol. The van der Waals surface area contributed by atoms with E-state index in [9.17, 15) is 14.4 Å². The number of nitrogens with one attached hydrogen (secondary N) is 1. The van der Waals surface area contributed by atoms with Gasteiger partial charge in [0.05, 0.1) is 12.1 Å². The molecule has 2 atom stereocenters. The van der Waals surface area contributed by atoms with Gasteiger partial charge in [-0.15, -0.1) is 0 Å². The predicted octanol–water partition coefficient (Wildman–Crippen LogP) is 1.83. The molecule has 1 saturated carbocycles. The van der Waals surface area contributed by atoms with Crippen molar-refractivity contribution in [2.45, 2.75) is 44.2 Å². The molecule has 1 aliphatic carbocycles. The summed E-state index contributed by atoms with van der Waals surface area (Å²) in [6, 6.07) is 9.34. The van der Waals surface area contributed by atoms with Crippen LogP contribution in [0.3, 0.4) is 0 Å². The third-order valence-electron chi connectivity index (χ3n) is 4.70. The maximum Gasteiger partial charge on any atom is 0.225 e. The second-order valence-electron chi connectivity index (χ2n) is 6.48. The Balaban J connectivity index is 1.61. The van der Waals surface area contributed by atoms with Gasteiger partial charge < -0.3 is 10.2 Å². The molecule has 2 amide bonds. The molecule has 1 saturated heterocycles. The van der Waals surface area contributed by atoms with Crippen molar-refractivity contribution >= 4 is 17.6 Å². The van der Waals surface area contributed by atoms with Crippen molar-refractivity contribution in [1.29, 1.82) is 0 Å². The summed E-state index contributed by atoms with van der Waals surface area (Å²) in [7, 11) is 1.77. The molecule has 1 aromatic rings. The minimum atomic E-state index is -0.238. The highest BCUT2D eigenvalue weighted by atomic mass is 16.2. The fraction of sp³-hybridized carbons (Fsp3) is 0.500. The number of ketones is 1. The monoisotopic (exact) mass is 314 g/mol. The van der Waals surface area contributed by atoms with Crippen molar-refractivity contribution in [3.05, 3.63) is 35.9 Å². The first-order valence-corrected chi connectivity index (χ1v) is 8.19. The number of Topliss-reactive ketones (excluding diaryl/α,β-unsaturated/α-hetero) is 1. The maximum absolute atomic E-state index is 12.1. The smallest absolute Gasteiger partial charge is 0.225 e. The van der Waals surface area contributed by atoms with E-state index in [1.165, 1.54) is 0 Å². The molecule has 23 heavy (non-hydrogen) atoms. The van der Waals surface area contributed by atoms with Gasteiger partial charge in [0.2, 0.25) is 11.8 Å². The summed E-state index contributed by atoms with van der Waals surface area (Å²) in [5.74, 6) is 0.268. The molecule has 1 aliphatic heterocycles. The number of carbonyl (C=O) groups is 3. The first kappa shape index (κ1) is 15.7. The van der Waals surface area contributed by atoms with Gasteiger partial charge >= 0.3 is 0 Å². The Morgan fingerprint density at radius 1 is 1.17 bits per heavy atom. The van der Waals surface area contributed by atoms with Crippen LogP contribution in [0.15, 0.2) is 30.3 Å². The zero-order chi connectivity index (χ0) is 16.4. The van der Waals surface area contributed by atoms with E-state index in [1.54, 1.807) is 11.9 Å². The van der Waals surface area contributed by atoms with Crippen LogP contribution in [0.25, 0.3) is 0 Å². The lowest BCUT2D eigenvalue weighted by Crippen LogP contribution is -2.39. The molecule has 1 aromatic carbocycles. The second-order valence-corrected chi connectivity index (χ2v) is 6.48. The van der Waals surface area contributed by atoms with Gasteiger partial charge in [0.1, 0.15) is 5.78 Å². The van der Waals surface area contributed by atoms with E-state index in [0.717, 1.165) is 18.4 Å². The number of carbonyl (C=O) groups excluding carboxylic acids is 3. The number of hydrogen-bond acceptors (Lipinski definition) is 3. The van der Waals surface area contributed by atoms with E-state index in [0.29, 0.717) is 12.8 Å². The average Bonchev–Trinajstić information content (AvgIpc) is 3.34. The third-order valence-corrected chi connectivity index (χ3v) is 4.70. The lowest BCUT2D eigenvalue weighted by Gasteiger charge is -2.26. The van der Waals surface area contributed by atoms with Gasteiger partial charge in [-0.3, -0.25) is 14.4 Å². The quantitative estimate of drug-likeness (QED) is 0.871. The van der Waals surface area contributed by atoms with Crippen LogP contribution in [0.4, 0.5) is 0 Å². The summed E-state index contributed by atoms with van der Waals surface area (Å²) in [5, 5.41) is 2.95. The van der Waals surface area contributed by atoms with Gasteiger partial charge in [0, 0.05) is 32.2 Å². The molecule has 5 nitrogen and oxygen atoms in total. The molecule has 0 bridgehead atoms. The molecule has 122 valence electrons. The molecular weight excluding hydrogens is 292 g/mol. The van der Waals surface area contributed by atoms with Gasteiger partial charge in [-0.2, -0.15) is 0 Å². The molecule has 1 N–H and O–H groups in total. The van der Waals surface area contributed by atoms with Gasteiger partial charge in [0.15, 0.2) is 0 Å². The summed E-state index contributed by atoms with van der Waals surface area (Å²) in [5.41, 5.74) is 1.01. The molecule has 2 aliphatic rings. The first-order chi connectivity index (χ1) is 11.1. The van der Waals surface area contributed by atoms with E-state index in [-0.39, 0.29) is 42.0 Å². The van der Waals surface area contributed by atoms with Crippen LogP contribution in [0, 0.1) is 5.92 Å². The normalized spacial score (nSPS) is 23.9. The highest BCUT2D eigenvalue weighted by molar-refractivity contribution is 5.88. The molecule has 5 heteroatoms. The summed E-state index contributed by atoms with van der Waals surface area (Å²) >= 11 is 0. The Morgan fingerprint density at radius 2 is 1.87 bits per heavy atom. The molecule has 0 aromatic heterocycles. The van der Waals surface area contributed by atoms with E-state index in [2.05, 4.69) is 5.32 Å². The molecule has 3 rings (SSSR count). The predicted molar refractivity (Wildman–Crippen MR) is 85.5 cm³/mol. The number of likely N-dealkylation sites (tertiary alicyclic amines) is 1. The maximum atomic E-state index is 12.1. The molecule has 0 unspecified atom stereocenters. The lowest BCUT2D eigenvalue weighted by atomic mass is 10.00. The number of hydrogen-bond donors (Lipinski definition) is 1. The summed E-state index contributed by atoms with van der Waals surface area (Å²) in [6.45, 7) is 0. The number of nitrogens with zero attached hydrogens (tertiary/aromatic N) is 1. The summed E-state index contributed by atoms with van der Waals surface area (Å²) in [6.07, 6.45) is 2.77. The molecule has 1 heterocycles. The Morgan fingerprint density at radius 3 is 2.52 bits per heavy atom. The van der Waals surface area contributed by atoms with Crippen LogP contribution in [-0.4, -0.2) is 35.6 Å². The van der Waals surface area contributed by atoms with Gasteiger partial charge in [0.25, 0.3) is 0 Å². The fourth-order valence-electron chi connectivity index (χ4n) is 3.23. The van der Waals surface area contributed by atoms with Gasteiger partial charge in [-0.1, -0.05) is 30.3 Å². The zero-order valence-corrected chi connectivity index (χ0v) is 13.3. The standard InChI is InChI=1S/C18H22N2O3/c1-20-17(23)11-14(18(20)13-5-3-2-4-6-13)19-16(22)10-9-15(21)12-7-8-12/h2-6,12,14,18H,7-11H2,1H3,(H,19,22)/t14-,18+/m0/s1. The lowest BCUT2D eigenvalue weighted by molar-refractivity contribution is -0.127. The summed E-state index contributed by atoms with van der Waals surface area (Å²) in [4.78, 5) is 37.6. The van der Waals surface area contributed by atoms with E-state index in [4.69, 9.17) is 0 Å². The van der Waals surface area contributed by atoms with Crippen molar-refractivity contribution < 1.29 is 14.4 Å². The Bertz CT molecular complexity index is 610. The zero-order valence-electron chi connectivity index (χ0n) is 13.3. The van der Waals surface area contributed by atoms with E-state index in [1.807, 2.05) is 30.3 Å². The molecule has 2 fully saturated rings. The Labute approximate surface area is 136 Å². The van der Waals surface area contributed by atoms with Crippen LogP contribution in [0.2, 0.25) is 0 Å². The first-order valence-electron chi connectivity index (χ1n) is 8.19. The van der Waals surface area contributed by atoms with E-state index < -0.39 is 0 Å². The number of rotatable bonds is 6. The van der Waals surface area contributed by atoms with Gasteiger partial charge in [-0.05, 0) is 18.4 Å². The molecular formula is C18H22N2O3. The highest BCUT2D eigenvalue weighted by Crippen LogP contribution is 2.32. The number of likely N-dealkylation sites (N-methyl/N-ethyl adjacent to an activating group) is 1. The number of amides is 2. The number of benzene rings is 1.